The molecule has 6 aromatic carbocycles. The number of hydrogen-bond acceptors (Lipinski definition) is 2. The Bertz CT molecular complexity index is 3000. The van der Waals surface area contributed by atoms with Crippen LogP contribution in [0.25, 0.3) is 11.1 Å². The highest BCUT2D eigenvalue weighted by Gasteiger charge is 2.42. The molecule has 3 fully saturated rings. The van der Waals surface area contributed by atoms with Gasteiger partial charge < -0.3 is 9.47 Å². The fraction of sp³-hybridized carbons (Fsp3) is 0.419. The number of hydrogen-bond donors (Lipinski definition) is 0. The van der Waals surface area contributed by atoms with Crippen LogP contribution in [0.1, 0.15) is 160 Å². The lowest BCUT2D eigenvalue weighted by molar-refractivity contribution is -0.190. The summed E-state index contributed by atoms with van der Waals surface area (Å²) in [5.74, 6) is -11.0. The van der Waals surface area contributed by atoms with Crippen LogP contribution in [0.3, 0.4) is 0 Å². The number of rotatable bonds is 10. The summed E-state index contributed by atoms with van der Waals surface area (Å²) in [7, 11) is 0. The molecule has 0 N–H and O–H groups in total. The van der Waals surface area contributed by atoms with E-state index >= 15 is 0 Å². The maximum atomic E-state index is 14.5. The van der Waals surface area contributed by atoms with E-state index in [0.29, 0.717) is 58.7 Å². The van der Waals surface area contributed by atoms with Crippen LogP contribution in [-0.2, 0) is 12.2 Å². The van der Waals surface area contributed by atoms with Crippen LogP contribution in [-0.4, -0.2) is 0 Å². The zero-order chi connectivity index (χ0) is 57.8. The highest BCUT2D eigenvalue weighted by Crippen LogP contribution is 2.43. The third-order valence-electron chi connectivity index (χ3n) is 15.8. The molecule has 79 heavy (non-hydrogen) atoms. The maximum absolute atomic E-state index is 14.5. The second-order valence-electron chi connectivity index (χ2n) is 21.7. The Balaban J connectivity index is 0.000000172. The van der Waals surface area contributed by atoms with E-state index in [1.807, 2.05) is 0 Å². The molecule has 3 saturated carbocycles. The van der Waals surface area contributed by atoms with Crippen molar-refractivity contribution in [3.63, 3.8) is 0 Å². The van der Waals surface area contributed by atoms with Crippen LogP contribution in [0.5, 0.6) is 11.5 Å². The van der Waals surface area contributed by atoms with Crippen molar-refractivity contribution < 1.29 is 75.3 Å². The lowest BCUT2D eigenvalue weighted by atomic mass is 9.79. The van der Waals surface area contributed by atoms with Crippen LogP contribution >= 0.6 is 0 Å². The van der Waals surface area contributed by atoms with Gasteiger partial charge in [0.15, 0.2) is 0 Å². The lowest BCUT2D eigenvalue weighted by Crippen LogP contribution is -2.26. The molecule has 17 heteroatoms. The predicted octanol–water partition coefficient (Wildman–Crippen LogP) is 20.3. The highest BCUT2D eigenvalue weighted by molar-refractivity contribution is 5.66. The van der Waals surface area contributed by atoms with Gasteiger partial charge in [-0.1, -0.05) is 65.4 Å². The van der Waals surface area contributed by atoms with Gasteiger partial charge >= 0.3 is 12.2 Å². The van der Waals surface area contributed by atoms with E-state index in [9.17, 15) is 65.9 Å². The van der Waals surface area contributed by atoms with Crippen molar-refractivity contribution in [2.24, 2.45) is 17.8 Å². The molecule has 0 amide bonds. The molecular weight excluding hydrogens is 1060 g/mol. The van der Waals surface area contributed by atoms with Crippen LogP contribution in [0.2, 0.25) is 0 Å². The maximum Gasteiger partial charge on any atom is 0.432 e. The lowest BCUT2D eigenvalue weighted by Gasteiger charge is -2.27. The van der Waals surface area contributed by atoms with E-state index in [2.05, 4.69) is 30.2 Å². The SMILES string of the molecule is Cc1c(F)cc(-c2c(F)cc(C3CCC(C)CC3)cc2F)cc1F.Cc1c(F)cc(OC(F)(F)c2c(F)cc(C3CCC(C)CC3)cc2F)cc1F.Cc1c(F)cc(OC(F)(F)c2ccc(C3CCC(C)CC3)cc2F)cc1F. The number of alkyl halides is 4. The van der Waals surface area contributed by atoms with Gasteiger partial charge in [-0.3, -0.25) is 0 Å². The van der Waals surface area contributed by atoms with E-state index in [-0.39, 0.29) is 45.6 Å². The summed E-state index contributed by atoms with van der Waals surface area (Å²) >= 11 is 0. The Labute approximate surface area is 450 Å². The largest absolute Gasteiger partial charge is 0.432 e. The fourth-order valence-corrected chi connectivity index (χ4v) is 10.6. The molecule has 9 rings (SSSR count). The highest BCUT2D eigenvalue weighted by atomic mass is 19.3. The molecule has 3 aliphatic carbocycles. The number of ether oxygens (including phenoxy) is 2. The second-order valence-corrected chi connectivity index (χ2v) is 21.7. The van der Waals surface area contributed by atoms with Crippen molar-refractivity contribution in [2.75, 3.05) is 0 Å². The van der Waals surface area contributed by atoms with Crippen LogP contribution in [0.15, 0.2) is 78.9 Å². The van der Waals surface area contributed by atoms with Crippen molar-refractivity contribution in [1.29, 1.82) is 0 Å². The molecule has 0 unspecified atom stereocenters. The monoisotopic (exact) mass is 1120 g/mol. The molecule has 2 nitrogen and oxygen atoms in total. The predicted molar refractivity (Wildman–Crippen MR) is 272 cm³/mol. The third kappa shape index (κ3) is 14.6. The minimum absolute atomic E-state index is 0.0934. The average Bonchev–Trinajstić information content (AvgIpc) is 3.38. The smallest absolute Gasteiger partial charge is 0.429 e. The Kier molecular flexibility index (Phi) is 19.2. The van der Waals surface area contributed by atoms with Crippen LogP contribution in [0, 0.1) is 103 Å². The standard InChI is InChI=1S/C21H20F6O.C21H21F5O.C20H20F4/c1-11-3-5-13(6-4-11)14-7-18(24)20(19(25)8-14)21(26,27)28-15-9-16(22)12(2)17(23)10-15;1-12-3-5-14(6-4-12)15-7-8-17(20(24)9-15)21(25,26)27-16-10-18(22)13(2)19(23)11-16;1-11-3-5-13(6-4-11)14-7-18(23)20(19(24)8-14)15-9-16(21)12(2)17(22)10-15/h7-11,13H,3-6H2,1-2H3;7-12,14H,3-6H2,1-2H3;7-11,13H,3-6H2,1-2H3. The molecule has 6 aromatic rings. The second kappa shape index (κ2) is 25.1. The molecule has 0 saturated heterocycles. The number of benzene rings is 6. The van der Waals surface area contributed by atoms with Crippen LogP contribution < -0.4 is 9.47 Å². The van der Waals surface area contributed by atoms with Gasteiger partial charge in [0.05, 0.1) is 11.1 Å². The van der Waals surface area contributed by atoms with Crippen molar-refractivity contribution in [3.05, 3.63) is 187 Å². The molecule has 0 aliphatic heterocycles. The Morgan fingerprint density at radius 2 is 0.646 bits per heavy atom. The first-order valence-corrected chi connectivity index (χ1v) is 26.4. The quantitative estimate of drug-likeness (QED) is 0.127. The van der Waals surface area contributed by atoms with E-state index in [4.69, 9.17) is 0 Å². The van der Waals surface area contributed by atoms with Gasteiger partial charge in [-0.15, -0.1) is 0 Å². The summed E-state index contributed by atoms with van der Waals surface area (Å²) in [6, 6.07) is 12.3. The summed E-state index contributed by atoms with van der Waals surface area (Å²) < 4.78 is 220. The molecule has 0 heterocycles. The van der Waals surface area contributed by atoms with Gasteiger partial charge in [0, 0.05) is 41.0 Å². The van der Waals surface area contributed by atoms with E-state index in [0.717, 1.165) is 120 Å². The zero-order valence-electron chi connectivity index (χ0n) is 44.4. The number of halogens is 15. The summed E-state index contributed by atoms with van der Waals surface area (Å²) in [6.07, 6.45) is 2.52. The Morgan fingerprint density at radius 1 is 0.342 bits per heavy atom. The van der Waals surface area contributed by atoms with Gasteiger partial charge in [0.1, 0.15) is 81.1 Å². The Hall–Kier alpha value is -6.13. The summed E-state index contributed by atoms with van der Waals surface area (Å²) in [4.78, 5) is 0. The molecule has 426 valence electrons. The molecule has 3 aliphatic rings. The van der Waals surface area contributed by atoms with Crippen LogP contribution in [0.4, 0.5) is 65.9 Å². The molecule has 0 bridgehead atoms. The fourth-order valence-electron chi connectivity index (χ4n) is 10.6. The zero-order valence-corrected chi connectivity index (χ0v) is 44.4. The first-order valence-electron chi connectivity index (χ1n) is 26.4. The topological polar surface area (TPSA) is 18.5 Å². The van der Waals surface area contributed by atoms with Gasteiger partial charge in [0.25, 0.3) is 0 Å². The van der Waals surface area contributed by atoms with Crippen molar-refractivity contribution in [1.82, 2.24) is 0 Å². The average molecular weight is 1120 g/mol. The van der Waals surface area contributed by atoms with Crippen molar-refractivity contribution >= 4 is 0 Å². The first kappa shape index (κ1) is 60.5. The van der Waals surface area contributed by atoms with E-state index in [1.165, 1.54) is 32.0 Å². The molecular formula is C62H61F15O2. The summed E-state index contributed by atoms with van der Waals surface area (Å²) in [5, 5.41) is 0. The molecule has 0 atom stereocenters. The third-order valence-corrected chi connectivity index (χ3v) is 15.8. The molecule has 0 spiro atoms. The van der Waals surface area contributed by atoms with Gasteiger partial charge in [-0.25, -0.2) is 48.3 Å². The van der Waals surface area contributed by atoms with E-state index in [1.54, 1.807) is 0 Å². The first-order chi connectivity index (χ1) is 37.1. The van der Waals surface area contributed by atoms with Gasteiger partial charge in [-0.05, 0) is 166 Å². The summed E-state index contributed by atoms with van der Waals surface area (Å²) in [5.41, 5.74) is -2.22. The molecule has 0 radical (unpaired) electrons. The minimum atomic E-state index is -4.44. The van der Waals surface area contributed by atoms with Gasteiger partial charge in [-0.2, -0.15) is 17.6 Å². The Morgan fingerprint density at radius 3 is 1.00 bits per heavy atom. The van der Waals surface area contributed by atoms with E-state index < -0.39 is 98.8 Å². The van der Waals surface area contributed by atoms with Crippen molar-refractivity contribution in [3.8, 4) is 22.6 Å². The normalized spacial score (nSPS) is 20.6. The minimum Gasteiger partial charge on any atom is -0.429 e. The molecule has 0 aromatic heterocycles. The summed E-state index contributed by atoms with van der Waals surface area (Å²) in [6.45, 7) is 10.0. The van der Waals surface area contributed by atoms with Crippen molar-refractivity contribution in [2.45, 2.75) is 149 Å². The van der Waals surface area contributed by atoms with Gasteiger partial charge in [0.2, 0.25) is 0 Å².